The summed E-state index contributed by atoms with van der Waals surface area (Å²) < 4.78 is 0. The lowest BCUT2D eigenvalue weighted by molar-refractivity contribution is -0.123. The highest BCUT2D eigenvalue weighted by atomic mass is 16.1. The molecule has 0 aliphatic rings. The Morgan fingerprint density at radius 3 is 1.71 bits per heavy atom. The second-order valence-electron chi connectivity index (χ2n) is 5.66. The maximum atomic E-state index is 11.9. The smallest absolute Gasteiger partial charge is 0.183 e. The van der Waals surface area contributed by atoms with E-state index in [9.17, 15) is 4.79 Å². The maximum absolute atomic E-state index is 11.9. The van der Waals surface area contributed by atoms with Gasteiger partial charge in [-0.25, -0.2) is 0 Å². The first kappa shape index (κ1) is 13.2. The molecule has 0 heterocycles. The standard InChI is InChI=1S/C12H23NO/c1-8-9(13-12(5,6)7)10(14)11(2,3)4/h8,13H,1-7H3/b9-8+. The fraction of sp³-hybridized carbons (Fsp3) is 0.750. The minimum atomic E-state index is -0.319. The highest BCUT2D eigenvalue weighted by Gasteiger charge is 2.26. The van der Waals surface area contributed by atoms with Gasteiger partial charge >= 0.3 is 0 Å². The topological polar surface area (TPSA) is 29.1 Å². The number of carbonyl (C=O) groups is 1. The number of hydrogen-bond acceptors (Lipinski definition) is 2. The van der Waals surface area contributed by atoms with E-state index in [0.717, 1.165) is 0 Å². The molecule has 0 saturated heterocycles. The van der Waals surface area contributed by atoms with E-state index < -0.39 is 0 Å². The summed E-state index contributed by atoms with van der Waals surface area (Å²) in [6.07, 6.45) is 1.85. The van der Waals surface area contributed by atoms with Crippen LogP contribution in [0.4, 0.5) is 0 Å². The van der Waals surface area contributed by atoms with Gasteiger partial charge in [-0.05, 0) is 27.7 Å². The molecule has 0 aromatic heterocycles. The molecule has 0 aromatic carbocycles. The number of rotatable bonds is 2. The van der Waals surface area contributed by atoms with Crippen molar-refractivity contribution in [1.29, 1.82) is 0 Å². The van der Waals surface area contributed by atoms with Crippen LogP contribution in [0.1, 0.15) is 48.5 Å². The molecule has 0 rings (SSSR count). The van der Waals surface area contributed by atoms with Gasteiger partial charge in [-0.3, -0.25) is 4.79 Å². The average Bonchev–Trinajstić information content (AvgIpc) is 1.95. The van der Waals surface area contributed by atoms with Crippen molar-refractivity contribution in [2.24, 2.45) is 5.41 Å². The SMILES string of the molecule is C/C=C(/NC(C)(C)C)C(=O)C(C)(C)C. The Hall–Kier alpha value is -0.790. The second kappa shape index (κ2) is 4.16. The van der Waals surface area contributed by atoms with E-state index in [0.29, 0.717) is 5.70 Å². The van der Waals surface area contributed by atoms with E-state index >= 15 is 0 Å². The molecule has 0 radical (unpaired) electrons. The van der Waals surface area contributed by atoms with Gasteiger partial charge in [0.1, 0.15) is 0 Å². The molecule has 14 heavy (non-hydrogen) atoms. The van der Waals surface area contributed by atoms with Crippen LogP contribution in [0.25, 0.3) is 0 Å². The van der Waals surface area contributed by atoms with E-state index in [1.807, 2.05) is 54.5 Å². The summed E-state index contributed by atoms with van der Waals surface area (Å²) in [5.41, 5.74) is 0.327. The van der Waals surface area contributed by atoms with Crippen molar-refractivity contribution in [3.8, 4) is 0 Å². The van der Waals surface area contributed by atoms with E-state index in [4.69, 9.17) is 0 Å². The van der Waals surface area contributed by atoms with Gasteiger partial charge in [0, 0.05) is 11.0 Å². The van der Waals surface area contributed by atoms with Gasteiger partial charge in [0.15, 0.2) is 5.78 Å². The molecule has 0 bridgehead atoms. The molecule has 0 fully saturated rings. The Bertz CT molecular complexity index is 238. The van der Waals surface area contributed by atoms with Crippen LogP contribution in [-0.2, 0) is 4.79 Å². The van der Waals surface area contributed by atoms with Crippen molar-refractivity contribution in [1.82, 2.24) is 5.32 Å². The van der Waals surface area contributed by atoms with Gasteiger partial charge in [0.2, 0.25) is 0 Å². The Morgan fingerprint density at radius 1 is 1.07 bits per heavy atom. The molecule has 2 nitrogen and oxygen atoms in total. The normalized spacial score (nSPS) is 14.1. The summed E-state index contributed by atoms with van der Waals surface area (Å²) in [4.78, 5) is 11.9. The summed E-state index contributed by atoms with van der Waals surface area (Å²) >= 11 is 0. The molecule has 82 valence electrons. The van der Waals surface area contributed by atoms with Gasteiger partial charge in [-0.15, -0.1) is 0 Å². The quantitative estimate of drug-likeness (QED) is 0.690. The lowest BCUT2D eigenvalue weighted by atomic mass is 9.88. The van der Waals surface area contributed by atoms with Gasteiger partial charge in [0.25, 0.3) is 0 Å². The zero-order valence-corrected chi connectivity index (χ0v) is 10.5. The van der Waals surface area contributed by atoms with Crippen LogP contribution >= 0.6 is 0 Å². The summed E-state index contributed by atoms with van der Waals surface area (Å²) in [5, 5.41) is 3.22. The molecule has 0 aromatic rings. The summed E-state index contributed by atoms with van der Waals surface area (Å²) in [5.74, 6) is 0.162. The number of carbonyl (C=O) groups excluding carboxylic acids is 1. The summed E-state index contributed by atoms with van der Waals surface area (Å²) in [7, 11) is 0. The fourth-order valence-corrected chi connectivity index (χ4v) is 1.07. The lowest BCUT2D eigenvalue weighted by Crippen LogP contribution is -2.40. The number of Topliss-reactive ketones (excluding diaryl/α,β-unsaturated/α-hetero) is 1. The Labute approximate surface area is 87.8 Å². The third-order valence-corrected chi connectivity index (χ3v) is 1.72. The number of nitrogens with one attached hydrogen (secondary N) is 1. The van der Waals surface area contributed by atoms with Crippen LogP contribution < -0.4 is 5.32 Å². The first-order chi connectivity index (χ1) is 6.08. The van der Waals surface area contributed by atoms with Crippen LogP contribution in [0.2, 0.25) is 0 Å². The van der Waals surface area contributed by atoms with Crippen molar-refractivity contribution < 1.29 is 4.79 Å². The van der Waals surface area contributed by atoms with Crippen LogP contribution in [0.5, 0.6) is 0 Å². The number of allylic oxidation sites excluding steroid dienone is 2. The zero-order chi connectivity index (χ0) is 11.6. The Balaban J connectivity index is 4.71. The zero-order valence-electron chi connectivity index (χ0n) is 10.5. The van der Waals surface area contributed by atoms with Gasteiger partial charge in [-0.2, -0.15) is 0 Å². The molecule has 0 spiro atoms. The van der Waals surface area contributed by atoms with Crippen molar-refractivity contribution in [3.63, 3.8) is 0 Å². The van der Waals surface area contributed by atoms with Crippen LogP contribution in [0.3, 0.4) is 0 Å². The highest BCUT2D eigenvalue weighted by molar-refractivity contribution is 5.98. The molecular weight excluding hydrogens is 174 g/mol. The third kappa shape index (κ3) is 4.45. The first-order valence-electron chi connectivity index (χ1n) is 5.07. The summed E-state index contributed by atoms with van der Waals surface area (Å²) in [6, 6.07) is 0. The molecule has 0 atom stereocenters. The largest absolute Gasteiger partial charge is 0.378 e. The minimum Gasteiger partial charge on any atom is -0.378 e. The van der Waals surface area contributed by atoms with Crippen molar-refractivity contribution in [2.45, 2.75) is 54.0 Å². The Kier molecular flexibility index (Phi) is 3.92. The average molecular weight is 197 g/mol. The summed E-state index contributed by atoms with van der Waals surface area (Å²) in [6.45, 7) is 13.8. The predicted octanol–water partition coefficient (Wildman–Crippen LogP) is 2.89. The van der Waals surface area contributed by atoms with Crippen molar-refractivity contribution >= 4 is 5.78 Å². The molecule has 0 amide bonds. The molecule has 1 N–H and O–H groups in total. The minimum absolute atomic E-state index is 0.0667. The van der Waals surface area contributed by atoms with E-state index in [1.54, 1.807) is 0 Å². The van der Waals surface area contributed by atoms with E-state index in [-0.39, 0.29) is 16.7 Å². The monoisotopic (exact) mass is 197 g/mol. The first-order valence-corrected chi connectivity index (χ1v) is 5.07. The number of hydrogen-bond donors (Lipinski definition) is 1. The van der Waals surface area contributed by atoms with E-state index in [2.05, 4.69) is 5.32 Å². The molecule has 0 saturated carbocycles. The van der Waals surface area contributed by atoms with Crippen molar-refractivity contribution in [2.75, 3.05) is 0 Å². The molecule has 2 heteroatoms. The maximum Gasteiger partial charge on any atom is 0.183 e. The van der Waals surface area contributed by atoms with Gasteiger partial charge in [0.05, 0.1) is 5.70 Å². The predicted molar refractivity (Wildman–Crippen MR) is 61.1 cm³/mol. The Morgan fingerprint density at radius 2 is 1.50 bits per heavy atom. The van der Waals surface area contributed by atoms with Crippen molar-refractivity contribution in [3.05, 3.63) is 11.8 Å². The second-order valence-corrected chi connectivity index (χ2v) is 5.66. The lowest BCUT2D eigenvalue weighted by Gasteiger charge is -2.27. The molecule has 0 unspecified atom stereocenters. The van der Waals surface area contributed by atoms with Crippen LogP contribution in [0.15, 0.2) is 11.8 Å². The van der Waals surface area contributed by atoms with Gasteiger partial charge < -0.3 is 5.32 Å². The van der Waals surface area contributed by atoms with E-state index in [1.165, 1.54) is 0 Å². The molecular formula is C12H23NO. The molecule has 0 aliphatic carbocycles. The van der Waals surface area contributed by atoms with Crippen LogP contribution in [0, 0.1) is 5.41 Å². The number of ketones is 1. The molecule has 0 aliphatic heterocycles. The highest BCUT2D eigenvalue weighted by Crippen LogP contribution is 2.20. The van der Waals surface area contributed by atoms with Crippen LogP contribution in [-0.4, -0.2) is 11.3 Å². The van der Waals surface area contributed by atoms with Gasteiger partial charge in [-0.1, -0.05) is 26.8 Å². The third-order valence-electron chi connectivity index (χ3n) is 1.72. The fourth-order valence-electron chi connectivity index (χ4n) is 1.07.